The molecule has 0 unspecified atom stereocenters. The van der Waals surface area contributed by atoms with Crippen LogP contribution in [0, 0.1) is 19.7 Å². The number of hydrogen-bond donors (Lipinski definition) is 1. The van der Waals surface area contributed by atoms with Crippen LogP contribution in [0.5, 0.6) is 0 Å². The predicted octanol–water partition coefficient (Wildman–Crippen LogP) is 3.29. The Morgan fingerprint density at radius 2 is 2.14 bits per heavy atom. The van der Waals surface area contributed by atoms with Crippen molar-refractivity contribution in [1.29, 1.82) is 0 Å². The van der Waals surface area contributed by atoms with Gasteiger partial charge >= 0.3 is 5.97 Å². The molecule has 0 spiro atoms. The molecule has 1 N–H and O–H groups in total. The molecule has 1 aromatic heterocycles. The smallest absolute Gasteiger partial charge is 0.328 e. The molecule has 5 heteroatoms. The molecule has 0 atom stereocenters. The van der Waals surface area contributed by atoms with Crippen LogP contribution in [-0.4, -0.2) is 20.9 Å². The highest BCUT2D eigenvalue weighted by Gasteiger charge is 2.16. The van der Waals surface area contributed by atoms with Crippen molar-refractivity contribution in [3.63, 3.8) is 0 Å². The molecule has 1 heterocycles. The predicted molar refractivity (Wildman–Crippen MR) is 79.0 cm³/mol. The van der Waals surface area contributed by atoms with Crippen LogP contribution in [-0.2, 0) is 11.2 Å². The van der Waals surface area contributed by atoms with Gasteiger partial charge in [0, 0.05) is 17.3 Å². The number of para-hydroxylation sites is 1. The number of rotatable bonds is 4. The standard InChI is InChI=1S/C16H17FN2O2/c1-4-13-10(2)18-19(11(13)3)16-12(8-9-15(20)21)6-5-7-14(16)17/h5-9H,4H2,1-3H3,(H,20,21)/b9-8+. The molecule has 0 radical (unpaired) electrons. The van der Waals surface area contributed by atoms with E-state index in [0.29, 0.717) is 5.56 Å². The first-order valence-corrected chi connectivity index (χ1v) is 6.70. The maximum absolute atomic E-state index is 14.2. The number of aliphatic carboxylic acids is 1. The second-order valence-electron chi connectivity index (χ2n) is 4.76. The van der Waals surface area contributed by atoms with Crippen molar-refractivity contribution in [1.82, 2.24) is 9.78 Å². The molecule has 2 rings (SSSR count). The molecule has 0 bridgehead atoms. The number of aromatic nitrogens is 2. The maximum Gasteiger partial charge on any atom is 0.328 e. The summed E-state index contributed by atoms with van der Waals surface area (Å²) in [4.78, 5) is 10.7. The molecular weight excluding hydrogens is 271 g/mol. The highest BCUT2D eigenvalue weighted by Crippen LogP contribution is 2.24. The first kappa shape index (κ1) is 15.0. The zero-order valence-corrected chi connectivity index (χ0v) is 12.2. The van der Waals surface area contributed by atoms with Gasteiger partial charge in [-0.15, -0.1) is 0 Å². The van der Waals surface area contributed by atoms with Crippen molar-refractivity contribution in [2.75, 3.05) is 0 Å². The molecule has 0 aliphatic carbocycles. The lowest BCUT2D eigenvalue weighted by Gasteiger charge is -2.10. The quantitative estimate of drug-likeness (QED) is 0.878. The van der Waals surface area contributed by atoms with E-state index in [9.17, 15) is 9.18 Å². The third-order valence-corrected chi connectivity index (χ3v) is 3.43. The van der Waals surface area contributed by atoms with E-state index in [2.05, 4.69) is 5.10 Å². The zero-order chi connectivity index (χ0) is 15.6. The fraction of sp³-hybridized carbons (Fsp3) is 0.250. The Labute approximate surface area is 122 Å². The second kappa shape index (κ2) is 5.91. The minimum Gasteiger partial charge on any atom is -0.478 e. The summed E-state index contributed by atoms with van der Waals surface area (Å²) < 4.78 is 15.8. The van der Waals surface area contributed by atoms with Gasteiger partial charge in [-0.1, -0.05) is 19.1 Å². The SMILES string of the molecule is CCc1c(C)nn(-c2c(F)cccc2/C=C/C(=O)O)c1C. The van der Waals surface area contributed by atoms with Gasteiger partial charge in [0.25, 0.3) is 0 Å². The molecule has 4 nitrogen and oxygen atoms in total. The summed E-state index contributed by atoms with van der Waals surface area (Å²) in [6.45, 7) is 5.79. The Hall–Kier alpha value is -2.43. The molecule has 0 saturated heterocycles. The molecule has 110 valence electrons. The Morgan fingerprint density at radius 3 is 2.71 bits per heavy atom. The van der Waals surface area contributed by atoms with Crippen LogP contribution in [0.2, 0.25) is 0 Å². The number of carbonyl (C=O) groups is 1. The molecule has 0 aliphatic rings. The van der Waals surface area contributed by atoms with E-state index >= 15 is 0 Å². The van der Waals surface area contributed by atoms with Gasteiger partial charge in [-0.3, -0.25) is 0 Å². The number of carboxylic acid groups (broad SMARTS) is 1. The lowest BCUT2D eigenvalue weighted by atomic mass is 10.1. The van der Waals surface area contributed by atoms with Crippen LogP contribution in [0.15, 0.2) is 24.3 Å². The zero-order valence-electron chi connectivity index (χ0n) is 12.2. The minimum absolute atomic E-state index is 0.273. The summed E-state index contributed by atoms with van der Waals surface area (Å²) >= 11 is 0. The van der Waals surface area contributed by atoms with Crippen LogP contribution < -0.4 is 0 Å². The Bertz CT molecular complexity index is 717. The molecule has 0 fully saturated rings. The van der Waals surface area contributed by atoms with E-state index in [-0.39, 0.29) is 5.69 Å². The van der Waals surface area contributed by atoms with E-state index in [4.69, 9.17) is 5.11 Å². The topological polar surface area (TPSA) is 55.1 Å². The summed E-state index contributed by atoms with van der Waals surface area (Å²) in [5, 5.41) is 13.1. The summed E-state index contributed by atoms with van der Waals surface area (Å²) in [6, 6.07) is 4.56. The van der Waals surface area contributed by atoms with Gasteiger partial charge in [0.1, 0.15) is 11.5 Å². The van der Waals surface area contributed by atoms with Crippen LogP contribution >= 0.6 is 0 Å². The molecule has 0 aliphatic heterocycles. The lowest BCUT2D eigenvalue weighted by Crippen LogP contribution is -2.05. The van der Waals surface area contributed by atoms with Gasteiger partial charge in [0.05, 0.1) is 5.69 Å². The third kappa shape index (κ3) is 2.86. The van der Waals surface area contributed by atoms with Crippen molar-refractivity contribution in [3.05, 3.63) is 52.6 Å². The monoisotopic (exact) mass is 288 g/mol. The second-order valence-corrected chi connectivity index (χ2v) is 4.76. The number of carboxylic acids is 1. The fourth-order valence-electron chi connectivity index (χ4n) is 2.46. The van der Waals surface area contributed by atoms with E-state index < -0.39 is 11.8 Å². The average molecular weight is 288 g/mol. The first-order valence-electron chi connectivity index (χ1n) is 6.70. The van der Waals surface area contributed by atoms with Crippen molar-refractivity contribution in [3.8, 4) is 5.69 Å². The normalized spacial score (nSPS) is 11.2. The van der Waals surface area contributed by atoms with Gasteiger partial charge in [-0.25, -0.2) is 13.9 Å². The van der Waals surface area contributed by atoms with Crippen molar-refractivity contribution >= 4 is 12.0 Å². The van der Waals surface area contributed by atoms with Crippen LogP contribution in [0.4, 0.5) is 4.39 Å². The van der Waals surface area contributed by atoms with Gasteiger partial charge in [-0.05, 0) is 38.0 Å². The van der Waals surface area contributed by atoms with E-state index in [1.54, 1.807) is 16.8 Å². The van der Waals surface area contributed by atoms with E-state index in [1.165, 1.54) is 12.1 Å². The Balaban J connectivity index is 2.66. The molecule has 2 aromatic rings. The molecule has 1 aromatic carbocycles. The number of nitrogens with zero attached hydrogens (tertiary/aromatic N) is 2. The van der Waals surface area contributed by atoms with Crippen LogP contribution in [0.1, 0.15) is 29.4 Å². The van der Waals surface area contributed by atoms with Crippen molar-refractivity contribution in [2.24, 2.45) is 0 Å². The van der Waals surface area contributed by atoms with E-state index in [1.807, 2.05) is 20.8 Å². The van der Waals surface area contributed by atoms with Gasteiger partial charge in [0.15, 0.2) is 0 Å². The van der Waals surface area contributed by atoms with Gasteiger partial charge < -0.3 is 5.11 Å². The first-order chi connectivity index (χ1) is 9.95. The summed E-state index contributed by atoms with van der Waals surface area (Å²) in [5.41, 5.74) is 3.55. The molecule has 0 amide bonds. The Morgan fingerprint density at radius 1 is 1.43 bits per heavy atom. The summed E-state index contributed by atoms with van der Waals surface area (Å²) in [6.07, 6.45) is 3.18. The van der Waals surface area contributed by atoms with Gasteiger partial charge in [0.2, 0.25) is 0 Å². The van der Waals surface area contributed by atoms with Crippen LogP contribution in [0.25, 0.3) is 11.8 Å². The maximum atomic E-state index is 14.2. The number of halogens is 1. The average Bonchev–Trinajstić information content (AvgIpc) is 2.71. The van der Waals surface area contributed by atoms with Crippen molar-refractivity contribution in [2.45, 2.75) is 27.2 Å². The largest absolute Gasteiger partial charge is 0.478 e. The van der Waals surface area contributed by atoms with Crippen LogP contribution in [0.3, 0.4) is 0 Å². The van der Waals surface area contributed by atoms with Gasteiger partial charge in [-0.2, -0.15) is 5.10 Å². The highest BCUT2D eigenvalue weighted by molar-refractivity contribution is 5.86. The number of aryl methyl sites for hydroxylation is 1. The summed E-state index contributed by atoms with van der Waals surface area (Å²) in [5.74, 6) is -1.51. The highest BCUT2D eigenvalue weighted by atomic mass is 19.1. The molecule has 0 saturated carbocycles. The number of hydrogen-bond acceptors (Lipinski definition) is 2. The summed E-state index contributed by atoms with van der Waals surface area (Å²) in [7, 11) is 0. The molecule has 21 heavy (non-hydrogen) atoms. The fourth-order valence-corrected chi connectivity index (χ4v) is 2.46. The third-order valence-electron chi connectivity index (χ3n) is 3.43. The minimum atomic E-state index is -1.08. The molecular formula is C16H17FN2O2. The lowest BCUT2D eigenvalue weighted by molar-refractivity contribution is -0.131. The number of benzene rings is 1. The van der Waals surface area contributed by atoms with Crippen molar-refractivity contribution < 1.29 is 14.3 Å². The van der Waals surface area contributed by atoms with E-state index in [0.717, 1.165) is 29.4 Å². The Kier molecular flexibility index (Phi) is 4.21.